The van der Waals surface area contributed by atoms with Crippen LogP contribution in [0.4, 0.5) is 9.93 Å². The highest BCUT2D eigenvalue weighted by molar-refractivity contribution is 7.15. The molecule has 2 amide bonds. The molecule has 1 fully saturated rings. The normalized spacial score (nSPS) is 15.5. The maximum Gasteiger partial charge on any atom is 0.320 e. The van der Waals surface area contributed by atoms with Gasteiger partial charge in [-0.1, -0.05) is 30.3 Å². The molecule has 1 aromatic carbocycles. The number of carbonyl (C=O) groups excluding carboxylic acids is 1. The summed E-state index contributed by atoms with van der Waals surface area (Å²) in [5, 5.41) is 0.612. The number of thiazole rings is 1. The minimum absolute atomic E-state index is 0.0977. The first-order valence-corrected chi connectivity index (χ1v) is 8.90. The lowest BCUT2D eigenvalue weighted by Crippen LogP contribution is -2.51. The summed E-state index contributed by atoms with van der Waals surface area (Å²) in [6, 6.07) is 10.2. The highest BCUT2D eigenvalue weighted by Gasteiger charge is 2.23. The topological polar surface area (TPSA) is 65.7 Å². The van der Waals surface area contributed by atoms with E-state index in [-0.39, 0.29) is 6.03 Å². The zero-order chi connectivity index (χ0) is 16.9. The summed E-state index contributed by atoms with van der Waals surface area (Å²) >= 11 is 1.53. The van der Waals surface area contributed by atoms with E-state index >= 15 is 0 Å². The van der Waals surface area contributed by atoms with Crippen molar-refractivity contribution < 1.29 is 4.79 Å². The number of nitrogens with two attached hydrogens (primary N) is 1. The predicted octanol–water partition coefficient (Wildman–Crippen LogP) is 2.09. The lowest BCUT2D eigenvalue weighted by atomic mass is 10.2. The van der Waals surface area contributed by atoms with Crippen molar-refractivity contribution in [2.24, 2.45) is 0 Å². The van der Waals surface area contributed by atoms with Crippen LogP contribution in [0, 0.1) is 0 Å². The van der Waals surface area contributed by atoms with Gasteiger partial charge in [-0.15, -0.1) is 11.3 Å². The lowest BCUT2D eigenvalue weighted by molar-refractivity contribution is 0.114. The van der Waals surface area contributed by atoms with Crippen molar-refractivity contribution in [1.29, 1.82) is 0 Å². The molecule has 1 aliphatic rings. The first kappa shape index (κ1) is 16.7. The quantitative estimate of drug-likeness (QED) is 0.921. The fraction of sp³-hybridized carbons (Fsp3) is 0.412. The summed E-state index contributed by atoms with van der Waals surface area (Å²) in [5.74, 6) is 0. The Morgan fingerprint density at radius 2 is 1.96 bits per heavy atom. The molecule has 2 heterocycles. The number of piperazine rings is 1. The van der Waals surface area contributed by atoms with Crippen LogP contribution in [0.1, 0.15) is 10.4 Å². The van der Waals surface area contributed by atoms with Gasteiger partial charge in [0, 0.05) is 57.4 Å². The SMILES string of the molecule is CN(Cc1ccccc1)C(=O)N1CCN(Cc2cnc(N)s2)CC1. The summed E-state index contributed by atoms with van der Waals surface area (Å²) in [5.41, 5.74) is 6.82. The number of hydrogen-bond donors (Lipinski definition) is 1. The summed E-state index contributed by atoms with van der Waals surface area (Å²) in [7, 11) is 1.86. The third-order valence-corrected chi connectivity index (χ3v) is 4.99. The number of amides is 2. The summed E-state index contributed by atoms with van der Waals surface area (Å²) < 4.78 is 0. The maximum atomic E-state index is 12.6. The van der Waals surface area contributed by atoms with E-state index in [4.69, 9.17) is 5.73 Å². The molecular formula is C17H23N5OS. The minimum Gasteiger partial charge on any atom is -0.375 e. The number of nitrogens with zero attached hydrogens (tertiary/aromatic N) is 4. The molecule has 0 aliphatic carbocycles. The molecule has 0 radical (unpaired) electrons. The van der Waals surface area contributed by atoms with Crippen molar-refractivity contribution in [2.45, 2.75) is 13.1 Å². The molecule has 0 atom stereocenters. The lowest BCUT2D eigenvalue weighted by Gasteiger charge is -2.36. The number of carbonyl (C=O) groups is 1. The van der Waals surface area contributed by atoms with Gasteiger partial charge in [0.2, 0.25) is 0 Å². The molecule has 128 valence electrons. The monoisotopic (exact) mass is 345 g/mol. The van der Waals surface area contributed by atoms with E-state index in [0.717, 1.165) is 38.3 Å². The summed E-state index contributed by atoms with van der Waals surface area (Å²) in [6.07, 6.45) is 1.84. The van der Waals surface area contributed by atoms with E-state index in [0.29, 0.717) is 11.7 Å². The standard InChI is InChI=1S/C17H23N5OS/c1-20(12-14-5-3-2-4-6-14)17(23)22-9-7-21(8-10-22)13-15-11-19-16(18)24-15/h2-6,11H,7-10,12-13H2,1H3,(H2,18,19). The van der Waals surface area contributed by atoms with Crippen LogP contribution < -0.4 is 5.73 Å². The van der Waals surface area contributed by atoms with Gasteiger partial charge in [-0.05, 0) is 5.56 Å². The Balaban J connectivity index is 1.47. The fourth-order valence-corrected chi connectivity index (χ4v) is 3.61. The van der Waals surface area contributed by atoms with Crippen molar-refractivity contribution in [2.75, 3.05) is 39.0 Å². The average molecular weight is 345 g/mol. The highest BCUT2D eigenvalue weighted by Crippen LogP contribution is 2.17. The van der Waals surface area contributed by atoms with Crippen molar-refractivity contribution >= 4 is 22.5 Å². The van der Waals surface area contributed by atoms with Gasteiger partial charge in [0.1, 0.15) is 0 Å². The fourth-order valence-electron chi connectivity index (χ4n) is 2.88. The third kappa shape index (κ3) is 4.24. The van der Waals surface area contributed by atoms with Crippen LogP contribution in [0.15, 0.2) is 36.5 Å². The van der Waals surface area contributed by atoms with E-state index in [9.17, 15) is 4.79 Å². The van der Waals surface area contributed by atoms with Gasteiger partial charge in [-0.25, -0.2) is 9.78 Å². The highest BCUT2D eigenvalue weighted by atomic mass is 32.1. The summed E-state index contributed by atoms with van der Waals surface area (Å²) in [6.45, 7) is 4.76. The molecule has 0 spiro atoms. The van der Waals surface area contributed by atoms with E-state index in [1.807, 2.05) is 48.5 Å². The van der Waals surface area contributed by atoms with Gasteiger partial charge in [-0.2, -0.15) is 0 Å². The Bertz CT molecular complexity index is 667. The zero-order valence-corrected chi connectivity index (χ0v) is 14.7. The Labute approximate surface area is 146 Å². The summed E-state index contributed by atoms with van der Waals surface area (Å²) in [4.78, 5) is 23.9. The first-order valence-electron chi connectivity index (χ1n) is 8.08. The third-order valence-electron chi connectivity index (χ3n) is 4.18. The van der Waals surface area contributed by atoms with E-state index in [1.165, 1.54) is 16.2 Å². The minimum atomic E-state index is 0.0977. The average Bonchev–Trinajstić information content (AvgIpc) is 3.00. The molecule has 1 aromatic heterocycles. The van der Waals surface area contributed by atoms with Crippen LogP contribution in [-0.2, 0) is 13.1 Å². The van der Waals surface area contributed by atoms with Crippen LogP contribution in [-0.4, -0.2) is 58.9 Å². The number of nitrogen functional groups attached to an aromatic ring is 1. The Kier molecular flexibility index (Phi) is 5.32. The second kappa shape index (κ2) is 7.63. The van der Waals surface area contributed by atoms with E-state index in [2.05, 4.69) is 9.88 Å². The Morgan fingerprint density at radius 3 is 2.58 bits per heavy atom. The molecule has 1 saturated heterocycles. The predicted molar refractivity (Wildman–Crippen MR) is 96.7 cm³/mol. The van der Waals surface area contributed by atoms with Crippen LogP contribution in [0.3, 0.4) is 0 Å². The Hall–Kier alpha value is -2.12. The number of anilines is 1. The second-order valence-electron chi connectivity index (χ2n) is 6.05. The first-order chi connectivity index (χ1) is 11.6. The van der Waals surface area contributed by atoms with Gasteiger partial charge >= 0.3 is 6.03 Å². The molecule has 1 aliphatic heterocycles. The molecule has 0 unspecified atom stereocenters. The number of hydrogen-bond acceptors (Lipinski definition) is 5. The molecule has 0 saturated carbocycles. The molecule has 6 nitrogen and oxygen atoms in total. The van der Waals surface area contributed by atoms with Crippen molar-refractivity contribution in [1.82, 2.24) is 19.7 Å². The second-order valence-corrected chi connectivity index (χ2v) is 7.20. The molecule has 3 rings (SSSR count). The largest absolute Gasteiger partial charge is 0.375 e. The van der Waals surface area contributed by atoms with Gasteiger partial charge in [0.05, 0.1) is 0 Å². The molecule has 7 heteroatoms. The van der Waals surface area contributed by atoms with Crippen LogP contribution >= 0.6 is 11.3 Å². The van der Waals surface area contributed by atoms with Gasteiger partial charge in [0.15, 0.2) is 5.13 Å². The van der Waals surface area contributed by atoms with Crippen LogP contribution in [0.2, 0.25) is 0 Å². The van der Waals surface area contributed by atoms with Gasteiger partial charge in [-0.3, -0.25) is 4.90 Å². The number of urea groups is 1. The smallest absolute Gasteiger partial charge is 0.320 e. The van der Waals surface area contributed by atoms with E-state index in [1.54, 1.807) is 4.90 Å². The molecular weight excluding hydrogens is 322 g/mol. The van der Waals surface area contributed by atoms with Gasteiger partial charge in [0.25, 0.3) is 0 Å². The van der Waals surface area contributed by atoms with Crippen molar-refractivity contribution in [3.8, 4) is 0 Å². The molecule has 0 bridgehead atoms. The van der Waals surface area contributed by atoms with Crippen LogP contribution in [0.5, 0.6) is 0 Å². The number of benzene rings is 1. The van der Waals surface area contributed by atoms with Gasteiger partial charge < -0.3 is 15.5 Å². The molecule has 2 N–H and O–H groups in total. The maximum absolute atomic E-state index is 12.6. The Morgan fingerprint density at radius 1 is 1.25 bits per heavy atom. The van der Waals surface area contributed by atoms with Crippen molar-refractivity contribution in [3.05, 3.63) is 47.0 Å². The number of rotatable bonds is 4. The zero-order valence-electron chi connectivity index (χ0n) is 13.9. The van der Waals surface area contributed by atoms with Crippen LogP contribution in [0.25, 0.3) is 0 Å². The van der Waals surface area contributed by atoms with Crippen molar-refractivity contribution in [3.63, 3.8) is 0 Å². The molecule has 24 heavy (non-hydrogen) atoms. The molecule has 2 aromatic rings. The number of aromatic nitrogens is 1. The van der Waals surface area contributed by atoms with E-state index < -0.39 is 0 Å².